The molecule has 1 N–H and O–H groups in total. The molecule has 0 amide bonds. The largest absolute Gasteiger partial charge is 0.460 e. The third kappa shape index (κ3) is 4.20. The monoisotopic (exact) mass is 522 g/mol. The van der Waals surface area contributed by atoms with E-state index in [1.54, 1.807) is 0 Å². The molecule has 0 saturated heterocycles. The summed E-state index contributed by atoms with van der Waals surface area (Å²) < 4.78 is 211. The van der Waals surface area contributed by atoms with Gasteiger partial charge in [0.2, 0.25) is 0 Å². The van der Waals surface area contributed by atoms with E-state index in [4.69, 9.17) is 0 Å². The molecule has 0 bridgehead atoms. The van der Waals surface area contributed by atoms with Crippen molar-refractivity contribution >= 4 is 0 Å². The lowest BCUT2D eigenvalue weighted by molar-refractivity contribution is -0.443. The molecule has 0 saturated carbocycles. The van der Waals surface area contributed by atoms with Gasteiger partial charge in [-0.2, -0.15) is 70.2 Å². The van der Waals surface area contributed by atoms with Crippen LogP contribution in [0.25, 0.3) is 0 Å². The average molecular weight is 522 g/mol. The Morgan fingerprint density at radius 1 is 0.576 bits per heavy atom. The molecule has 0 radical (unpaired) electrons. The molecular formula is C16H10F16O. The molecule has 0 heterocycles. The van der Waals surface area contributed by atoms with Crippen LogP contribution in [-0.2, 0) is 5.60 Å². The van der Waals surface area contributed by atoms with Crippen molar-refractivity contribution < 1.29 is 75.4 Å². The molecule has 0 aliphatic rings. The minimum Gasteiger partial charge on any atom is -0.376 e. The van der Waals surface area contributed by atoms with Crippen LogP contribution in [-0.4, -0.2) is 47.1 Å². The van der Waals surface area contributed by atoms with E-state index < -0.39 is 65.1 Å². The predicted octanol–water partition coefficient (Wildman–Crippen LogP) is 6.87. The highest BCUT2D eigenvalue weighted by atomic mass is 19.4. The Labute approximate surface area is 173 Å². The summed E-state index contributed by atoms with van der Waals surface area (Å²) in [5.41, 5.74) is -7.52. The highest BCUT2D eigenvalue weighted by molar-refractivity contribution is 5.33. The number of rotatable bonds is 7. The Hall–Kier alpha value is -1.94. The quantitative estimate of drug-likeness (QED) is 0.388. The van der Waals surface area contributed by atoms with Gasteiger partial charge in [-0.1, -0.05) is 24.3 Å². The van der Waals surface area contributed by atoms with Gasteiger partial charge in [0.1, 0.15) is 0 Å². The maximum Gasteiger partial charge on any atom is 0.460 e. The van der Waals surface area contributed by atoms with Crippen LogP contribution in [0, 0.1) is 6.92 Å². The van der Waals surface area contributed by atoms with Gasteiger partial charge in [-0.3, -0.25) is 0 Å². The Kier molecular flexibility index (Phi) is 6.87. The summed E-state index contributed by atoms with van der Waals surface area (Å²) in [4.78, 5) is 0. The van der Waals surface area contributed by atoms with E-state index in [0.717, 1.165) is 6.07 Å². The second-order valence-corrected chi connectivity index (χ2v) is 6.85. The number of hydrogen-bond acceptors (Lipinski definition) is 1. The number of halogens is 16. The summed E-state index contributed by atoms with van der Waals surface area (Å²) in [5, 5.41) is 9.76. The predicted molar refractivity (Wildman–Crippen MR) is 76.5 cm³/mol. The molecular weight excluding hydrogens is 512 g/mol. The van der Waals surface area contributed by atoms with Crippen LogP contribution in [0.3, 0.4) is 0 Å². The molecule has 1 rings (SSSR count). The fourth-order valence-electron chi connectivity index (χ4n) is 2.62. The van der Waals surface area contributed by atoms with Crippen LogP contribution in [0.4, 0.5) is 70.2 Å². The molecule has 0 aromatic heterocycles. The second-order valence-electron chi connectivity index (χ2n) is 6.85. The lowest BCUT2D eigenvalue weighted by Gasteiger charge is -2.42. The molecule has 1 unspecified atom stereocenters. The van der Waals surface area contributed by atoms with Gasteiger partial charge in [0.15, 0.2) is 5.60 Å². The molecule has 1 aromatic rings. The van der Waals surface area contributed by atoms with E-state index in [1.165, 1.54) is 0 Å². The number of hydrogen-bond donors (Lipinski definition) is 1. The Bertz CT molecular complexity index is 853. The van der Waals surface area contributed by atoms with Crippen LogP contribution < -0.4 is 0 Å². The van der Waals surface area contributed by atoms with Gasteiger partial charge in [-0.15, -0.1) is 0 Å². The number of benzene rings is 1. The summed E-state index contributed by atoms with van der Waals surface area (Å²) in [5.74, 6) is -39.6. The summed E-state index contributed by atoms with van der Waals surface area (Å²) in [6.07, 6.45) is -17.9. The molecule has 1 aromatic carbocycles. The van der Waals surface area contributed by atoms with Crippen molar-refractivity contribution in [3.05, 3.63) is 35.4 Å². The van der Waals surface area contributed by atoms with Crippen molar-refractivity contribution in [1.29, 1.82) is 0 Å². The van der Waals surface area contributed by atoms with E-state index in [2.05, 4.69) is 0 Å². The van der Waals surface area contributed by atoms with Gasteiger partial charge in [0, 0.05) is 0 Å². The molecule has 1 nitrogen and oxygen atoms in total. The molecule has 0 aliphatic heterocycles. The Balaban J connectivity index is 3.69. The van der Waals surface area contributed by atoms with Crippen LogP contribution >= 0.6 is 0 Å². The first-order valence-electron chi connectivity index (χ1n) is 8.03. The van der Waals surface area contributed by atoms with E-state index in [0.29, 0.717) is 19.1 Å². The highest BCUT2D eigenvalue weighted by Crippen LogP contribution is 2.62. The average Bonchev–Trinajstić information content (AvgIpc) is 2.58. The molecule has 1 atom stereocenters. The van der Waals surface area contributed by atoms with Crippen molar-refractivity contribution in [3.63, 3.8) is 0 Å². The third-order valence-electron chi connectivity index (χ3n) is 4.54. The number of aryl methyl sites for hydroxylation is 1. The van der Waals surface area contributed by atoms with E-state index >= 15 is 0 Å². The fraction of sp³-hybridized carbons (Fsp3) is 0.625. The smallest absolute Gasteiger partial charge is 0.376 e. The molecule has 0 spiro atoms. The summed E-state index contributed by atoms with van der Waals surface area (Å²) in [6.45, 7) is 0.703. The molecule has 0 fully saturated rings. The Morgan fingerprint density at radius 3 is 1.33 bits per heavy atom. The van der Waals surface area contributed by atoms with Crippen molar-refractivity contribution in [2.45, 2.75) is 60.9 Å². The molecule has 33 heavy (non-hydrogen) atoms. The first-order chi connectivity index (χ1) is 14.2. The van der Waals surface area contributed by atoms with E-state index in [9.17, 15) is 75.4 Å². The van der Waals surface area contributed by atoms with Gasteiger partial charge in [0.25, 0.3) is 0 Å². The number of alkyl halides is 16. The standard InChI is InChI=1S/C16H10F16O/c1-7-4-2-3-5-8(7)9(33,15(27,28)29)6-10(17,18)11(19,20)12(21,22)13(23,24)14(25,26)16(30,31)32/h2-5,33H,6H2,1H3. The van der Waals surface area contributed by atoms with E-state index in [-0.39, 0.29) is 6.07 Å². The lowest BCUT2D eigenvalue weighted by atomic mass is 9.81. The van der Waals surface area contributed by atoms with E-state index in [1.807, 2.05) is 0 Å². The second kappa shape index (κ2) is 7.80. The van der Waals surface area contributed by atoms with Gasteiger partial charge in [-0.05, 0) is 18.1 Å². The molecule has 0 aliphatic carbocycles. The van der Waals surface area contributed by atoms with Crippen LogP contribution in [0.2, 0.25) is 0 Å². The van der Waals surface area contributed by atoms with Crippen molar-refractivity contribution in [1.82, 2.24) is 0 Å². The maximum atomic E-state index is 14.0. The minimum absolute atomic E-state index is 0.224. The number of aliphatic hydroxyl groups is 1. The Morgan fingerprint density at radius 2 is 0.970 bits per heavy atom. The summed E-state index contributed by atoms with van der Waals surface area (Å²) in [6, 6.07) is 2.52. The molecule has 192 valence electrons. The first kappa shape index (κ1) is 29.1. The van der Waals surface area contributed by atoms with Gasteiger partial charge in [0.05, 0.1) is 6.42 Å². The first-order valence-corrected chi connectivity index (χ1v) is 8.03. The zero-order valence-corrected chi connectivity index (χ0v) is 15.5. The van der Waals surface area contributed by atoms with Crippen molar-refractivity contribution in [2.75, 3.05) is 0 Å². The SMILES string of the molecule is Cc1ccccc1C(O)(CC(F)(F)C(F)(F)C(F)(F)C(F)(F)C(F)(F)C(F)(F)F)C(F)(F)F. The van der Waals surface area contributed by atoms with Crippen molar-refractivity contribution in [2.24, 2.45) is 0 Å². The van der Waals surface area contributed by atoms with Gasteiger partial charge >= 0.3 is 42.0 Å². The lowest BCUT2D eigenvalue weighted by Crippen LogP contribution is -2.70. The van der Waals surface area contributed by atoms with Gasteiger partial charge in [-0.25, -0.2) is 0 Å². The topological polar surface area (TPSA) is 20.2 Å². The van der Waals surface area contributed by atoms with Gasteiger partial charge < -0.3 is 5.11 Å². The van der Waals surface area contributed by atoms with Crippen LogP contribution in [0.1, 0.15) is 17.5 Å². The normalized spacial score (nSPS) is 17.2. The summed E-state index contributed by atoms with van der Waals surface area (Å²) >= 11 is 0. The summed E-state index contributed by atoms with van der Waals surface area (Å²) in [7, 11) is 0. The maximum absolute atomic E-state index is 14.0. The highest BCUT2D eigenvalue weighted by Gasteiger charge is 2.91. The van der Waals surface area contributed by atoms with Crippen molar-refractivity contribution in [3.8, 4) is 0 Å². The minimum atomic E-state index is -8.26. The zero-order chi connectivity index (χ0) is 26.7. The molecule has 17 heteroatoms. The van der Waals surface area contributed by atoms with Crippen LogP contribution in [0.5, 0.6) is 0 Å². The third-order valence-corrected chi connectivity index (χ3v) is 4.54. The van der Waals surface area contributed by atoms with Crippen LogP contribution in [0.15, 0.2) is 24.3 Å². The zero-order valence-electron chi connectivity index (χ0n) is 15.5. The fourth-order valence-corrected chi connectivity index (χ4v) is 2.62.